The standard InChI is InChI=1S/C15H19NS/c1-3-15(14-6-4-12(2)5-7-14)16-10-13-8-9-17-11-13/h4-9,11,15-16H,3,10H2,1-2H3. The van der Waals surface area contributed by atoms with Gasteiger partial charge < -0.3 is 5.32 Å². The monoisotopic (exact) mass is 245 g/mol. The van der Waals surface area contributed by atoms with Crippen molar-refractivity contribution < 1.29 is 0 Å². The molecule has 0 spiro atoms. The molecule has 2 heteroatoms. The number of rotatable bonds is 5. The molecule has 1 aromatic heterocycles. The molecule has 1 heterocycles. The van der Waals surface area contributed by atoms with Crippen molar-refractivity contribution >= 4 is 11.3 Å². The molecule has 17 heavy (non-hydrogen) atoms. The largest absolute Gasteiger partial charge is 0.306 e. The van der Waals surface area contributed by atoms with Crippen molar-refractivity contribution in [1.82, 2.24) is 5.32 Å². The molecule has 0 saturated carbocycles. The topological polar surface area (TPSA) is 12.0 Å². The highest BCUT2D eigenvalue weighted by atomic mass is 32.1. The van der Waals surface area contributed by atoms with Gasteiger partial charge in [-0.15, -0.1) is 0 Å². The van der Waals surface area contributed by atoms with Gasteiger partial charge in [-0.1, -0.05) is 36.8 Å². The Hall–Kier alpha value is -1.12. The van der Waals surface area contributed by atoms with E-state index in [9.17, 15) is 0 Å². The first-order valence-electron chi connectivity index (χ1n) is 6.10. The lowest BCUT2D eigenvalue weighted by molar-refractivity contribution is 0.519. The molecule has 1 aromatic carbocycles. The normalized spacial score (nSPS) is 12.6. The maximum absolute atomic E-state index is 3.61. The summed E-state index contributed by atoms with van der Waals surface area (Å²) in [6.45, 7) is 5.31. The molecule has 90 valence electrons. The van der Waals surface area contributed by atoms with Crippen LogP contribution in [0.15, 0.2) is 41.1 Å². The number of aryl methyl sites for hydroxylation is 1. The molecular weight excluding hydrogens is 226 g/mol. The maximum atomic E-state index is 3.61. The van der Waals surface area contributed by atoms with Crippen LogP contribution in [-0.2, 0) is 6.54 Å². The predicted octanol–water partition coefficient (Wildman–Crippen LogP) is 4.30. The molecule has 0 aliphatic carbocycles. The fourth-order valence-electron chi connectivity index (χ4n) is 1.93. The summed E-state index contributed by atoms with van der Waals surface area (Å²) in [5.41, 5.74) is 4.08. The fourth-order valence-corrected chi connectivity index (χ4v) is 2.60. The maximum Gasteiger partial charge on any atom is 0.0320 e. The third kappa shape index (κ3) is 3.42. The number of nitrogens with one attached hydrogen (secondary N) is 1. The van der Waals surface area contributed by atoms with Crippen LogP contribution in [0.5, 0.6) is 0 Å². The van der Waals surface area contributed by atoms with Gasteiger partial charge in [-0.05, 0) is 41.3 Å². The second-order valence-electron chi connectivity index (χ2n) is 4.38. The predicted molar refractivity (Wildman–Crippen MR) is 75.4 cm³/mol. The van der Waals surface area contributed by atoms with E-state index in [2.05, 4.69) is 60.3 Å². The van der Waals surface area contributed by atoms with Crippen LogP contribution in [0.2, 0.25) is 0 Å². The van der Waals surface area contributed by atoms with Gasteiger partial charge in [0.05, 0.1) is 0 Å². The van der Waals surface area contributed by atoms with E-state index in [1.165, 1.54) is 16.7 Å². The quantitative estimate of drug-likeness (QED) is 0.828. The molecule has 1 atom stereocenters. The molecule has 0 radical (unpaired) electrons. The van der Waals surface area contributed by atoms with Crippen LogP contribution in [0.3, 0.4) is 0 Å². The molecule has 2 aromatic rings. The summed E-state index contributed by atoms with van der Waals surface area (Å²) in [5, 5.41) is 7.95. The van der Waals surface area contributed by atoms with E-state index in [0.29, 0.717) is 6.04 Å². The van der Waals surface area contributed by atoms with Gasteiger partial charge in [0.15, 0.2) is 0 Å². The van der Waals surface area contributed by atoms with Gasteiger partial charge in [-0.2, -0.15) is 11.3 Å². The van der Waals surface area contributed by atoms with Gasteiger partial charge >= 0.3 is 0 Å². The van der Waals surface area contributed by atoms with Crippen LogP contribution in [0, 0.1) is 6.92 Å². The minimum Gasteiger partial charge on any atom is -0.306 e. The van der Waals surface area contributed by atoms with Crippen molar-refractivity contribution in [2.24, 2.45) is 0 Å². The third-order valence-corrected chi connectivity index (χ3v) is 3.75. The van der Waals surface area contributed by atoms with E-state index in [4.69, 9.17) is 0 Å². The Kier molecular flexibility index (Phi) is 4.35. The lowest BCUT2D eigenvalue weighted by atomic mass is 10.0. The zero-order valence-corrected chi connectivity index (χ0v) is 11.3. The first kappa shape index (κ1) is 12.3. The van der Waals surface area contributed by atoms with E-state index in [0.717, 1.165) is 13.0 Å². The van der Waals surface area contributed by atoms with E-state index in [-0.39, 0.29) is 0 Å². The van der Waals surface area contributed by atoms with Gasteiger partial charge in [0.25, 0.3) is 0 Å². The van der Waals surface area contributed by atoms with Crippen LogP contribution in [-0.4, -0.2) is 0 Å². The third-order valence-electron chi connectivity index (χ3n) is 3.02. The van der Waals surface area contributed by atoms with Crippen LogP contribution in [0.4, 0.5) is 0 Å². The summed E-state index contributed by atoms with van der Waals surface area (Å²) in [6, 6.07) is 11.5. The number of benzene rings is 1. The average molecular weight is 245 g/mol. The summed E-state index contributed by atoms with van der Waals surface area (Å²) < 4.78 is 0. The molecular formula is C15H19NS. The van der Waals surface area contributed by atoms with Crippen LogP contribution < -0.4 is 5.32 Å². The molecule has 1 unspecified atom stereocenters. The number of hydrogen-bond acceptors (Lipinski definition) is 2. The van der Waals surface area contributed by atoms with Crippen molar-refractivity contribution in [3.05, 3.63) is 57.8 Å². The molecule has 1 N–H and O–H groups in total. The molecule has 2 rings (SSSR count). The van der Waals surface area contributed by atoms with E-state index < -0.39 is 0 Å². The highest BCUT2D eigenvalue weighted by Crippen LogP contribution is 2.18. The Balaban J connectivity index is 1.99. The van der Waals surface area contributed by atoms with Gasteiger partial charge in [0, 0.05) is 12.6 Å². The molecule has 0 fully saturated rings. The lowest BCUT2D eigenvalue weighted by Crippen LogP contribution is -2.19. The van der Waals surface area contributed by atoms with Crippen molar-refractivity contribution in [3.63, 3.8) is 0 Å². The van der Waals surface area contributed by atoms with E-state index >= 15 is 0 Å². The minimum absolute atomic E-state index is 0.454. The lowest BCUT2D eigenvalue weighted by Gasteiger charge is -2.17. The molecule has 0 bridgehead atoms. The number of thiophene rings is 1. The Bertz CT molecular complexity index is 430. The van der Waals surface area contributed by atoms with Crippen molar-refractivity contribution in [3.8, 4) is 0 Å². The summed E-state index contributed by atoms with van der Waals surface area (Å²) in [6.07, 6.45) is 1.12. The molecule has 0 amide bonds. The molecule has 0 aliphatic rings. The van der Waals surface area contributed by atoms with Crippen LogP contribution in [0.25, 0.3) is 0 Å². The second-order valence-corrected chi connectivity index (χ2v) is 5.16. The SMILES string of the molecule is CCC(NCc1ccsc1)c1ccc(C)cc1. The van der Waals surface area contributed by atoms with Gasteiger partial charge in [-0.25, -0.2) is 0 Å². The van der Waals surface area contributed by atoms with Gasteiger partial charge in [0.1, 0.15) is 0 Å². The van der Waals surface area contributed by atoms with Crippen molar-refractivity contribution in [1.29, 1.82) is 0 Å². The van der Waals surface area contributed by atoms with Crippen LogP contribution in [0.1, 0.15) is 36.1 Å². The second kappa shape index (κ2) is 5.99. The Labute approximate surface area is 108 Å². The highest BCUT2D eigenvalue weighted by Gasteiger charge is 2.08. The van der Waals surface area contributed by atoms with Gasteiger partial charge in [0.2, 0.25) is 0 Å². The Morgan fingerprint density at radius 3 is 2.53 bits per heavy atom. The Morgan fingerprint density at radius 2 is 1.94 bits per heavy atom. The summed E-state index contributed by atoms with van der Waals surface area (Å²) in [7, 11) is 0. The minimum atomic E-state index is 0.454. The van der Waals surface area contributed by atoms with Crippen LogP contribution >= 0.6 is 11.3 Å². The van der Waals surface area contributed by atoms with Crippen molar-refractivity contribution in [2.75, 3.05) is 0 Å². The Morgan fingerprint density at radius 1 is 1.18 bits per heavy atom. The van der Waals surface area contributed by atoms with Gasteiger partial charge in [-0.3, -0.25) is 0 Å². The summed E-state index contributed by atoms with van der Waals surface area (Å²) in [4.78, 5) is 0. The first-order chi connectivity index (χ1) is 8.29. The average Bonchev–Trinajstić information content (AvgIpc) is 2.85. The zero-order chi connectivity index (χ0) is 12.1. The molecule has 1 nitrogen and oxygen atoms in total. The smallest absolute Gasteiger partial charge is 0.0320 e. The first-order valence-corrected chi connectivity index (χ1v) is 7.05. The van der Waals surface area contributed by atoms with E-state index in [1.54, 1.807) is 11.3 Å². The summed E-state index contributed by atoms with van der Waals surface area (Å²) >= 11 is 1.76. The summed E-state index contributed by atoms with van der Waals surface area (Å²) in [5.74, 6) is 0. The van der Waals surface area contributed by atoms with E-state index in [1.807, 2.05) is 0 Å². The van der Waals surface area contributed by atoms with Crippen molar-refractivity contribution in [2.45, 2.75) is 32.9 Å². The fraction of sp³-hybridized carbons (Fsp3) is 0.333. The number of hydrogen-bond donors (Lipinski definition) is 1. The molecule has 0 saturated heterocycles. The highest BCUT2D eigenvalue weighted by molar-refractivity contribution is 7.07. The zero-order valence-electron chi connectivity index (χ0n) is 10.4. The molecule has 0 aliphatic heterocycles.